The van der Waals surface area contributed by atoms with E-state index in [0.29, 0.717) is 45.4 Å². The zero-order chi connectivity index (χ0) is 46.0. The highest BCUT2D eigenvalue weighted by Gasteiger charge is 2.20. The van der Waals surface area contributed by atoms with Gasteiger partial charge in [-0.3, -0.25) is 14.4 Å². The van der Waals surface area contributed by atoms with Crippen molar-refractivity contribution in [3.05, 3.63) is 159 Å². The normalized spacial score (nSPS) is 10.6. The number of anilines is 2. The van der Waals surface area contributed by atoms with Gasteiger partial charge in [-0.25, -0.2) is 8.78 Å². The van der Waals surface area contributed by atoms with E-state index in [2.05, 4.69) is 63.1 Å². The molecule has 0 saturated heterocycles. The molecule has 9 aromatic rings. The van der Waals surface area contributed by atoms with Gasteiger partial charge in [-0.1, -0.05) is 77.8 Å². The van der Waals surface area contributed by atoms with Gasteiger partial charge < -0.3 is 30.3 Å². The Morgan fingerprint density at radius 1 is 0.646 bits per heavy atom. The molecule has 4 heterocycles. The number of nitriles is 2. The third kappa shape index (κ3) is 10.5. The number of para-hydroxylation sites is 3. The van der Waals surface area contributed by atoms with Crippen molar-refractivity contribution >= 4 is 85.1 Å². The molecule has 0 aliphatic heterocycles. The molecule has 0 bridgehead atoms. The first-order chi connectivity index (χ1) is 31.5. The lowest BCUT2D eigenvalue weighted by Gasteiger charge is -2.07. The molecule has 9 rings (SSSR count). The zero-order valence-electron chi connectivity index (χ0n) is 33.9. The molecule has 324 valence electrons. The first-order valence-electron chi connectivity index (χ1n) is 19.4. The second-order valence-corrected chi connectivity index (χ2v) is 14.8. The van der Waals surface area contributed by atoms with E-state index in [0.717, 1.165) is 38.3 Å². The number of nitrogens with zero attached hydrogens (tertiary/aromatic N) is 5. The van der Waals surface area contributed by atoms with Crippen molar-refractivity contribution in [3.8, 4) is 23.7 Å². The van der Waals surface area contributed by atoms with Crippen LogP contribution in [0, 0.1) is 34.3 Å². The summed E-state index contributed by atoms with van der Waals surface area (Å²) in [5.74, 6) is -1.65. The first-order valence-corrected chi connectivity index (χ1v) is 20.1. The van der Waals surface area contributed by atoms with Crippen LogP contribution in [0.1, 0.15) is 28.1 Å². The number of H-pyrrole nitrogens is 4. The summed E-state index contributed by atoms with van der Waals surface area (Å²) in [6.07, 6.45) is 0.216. The minimum atomic E-state index is -0.548. The number of hydrogen-bond donors (Lipinski definition) is 6. The highest BCUT2D eigenvalue weighted by molar-refractivity contribution is 6.31. The molecular weight excluding hydrogens is 879 g/mol. The third-order valence-electron chi connectivity index (χ3n) is 9.86. The molecule has 6 N–H and O–H groups in total. The molecule has 0 spiro atoms. The van der Waals surface area contributed by atoms with Crippen LogP contribution in [0.2, 0.25) is 10.0 Å². The van der Waals surface area contributed by atoms with Crippen molar-refractivity contribution in [3.63, 3.8) is 0 Å². The van der Waals surface area contributed by atoms with Gasteiger partial charge in [0.1, 0.15) is 35.2 Å². The molecule has 0 atom stereocenters. The van der Waals surface area contributed by atoms with E-state index < -0.39 is 11.6 Å². The van der Waals surface area contributed by atoms with E-state index in [1.807, 2.05) is 72.8 Å². The van der Waals surface area contributed by atoms with Gasteiger partial charge >= 0.3 is 5.97 Å². The number of carbonyl (C=O) groups excluding carboxylic acids is 3. The van der Waals surface area contributed by atoms with E-state index in [4.69, 9.17) is 28.5 Å². The number of amides is 2. The number of aromatic amines is 4. The molecule has 0 aliphatic carbocycles. The van der Waals surface area contributed by atoms with Gasteiger partial charge in [0.05, 0.1) is 42.1 Å². The van der Waals surface area contributed by atoms with Gasteiger partial charge in [0.25, 0.3) is 0 Å². The fraction of sp³-hybridized carbons (Fsp3) is 0.0870. The van der Waals surface area contributed by atoms with Crippen molar-refractivity contribution in [1.29, 1.82) is 10.5 Å². The van der Waals surface area contributed by atoms with Crippen molar-refractivity contribution in [2.45, 2.75) is 19.3 Å². The van der Waals surface area contributed by atoms with Gasteiger partial charge in [0.2, 0.25) is 17.6 Å². The van der Waals surface area contributed by atoms with Crippen molar-refractivity contribution in [2.24, 2.45) is 0 Å². The molecule has 2 amide bonds. The van der Waals surface area contributed by atoms with Gasteiger partial charge in [-0.15, -0.1) is 10.2 Å². The molecule has 15 nitrogen and oxygen atoms in total. The van der Waals surface area contributed by atoms with Crippen molar-refractivity contribution < 1.29 is 27.9 Å². The molecule has 65 heavy (non-hydrogen) atoms. The van der Waals surface area contributed by atoms with Gasteiger partial charge in [-0.2, -0.15) is 15.7 Å². The number of esters is 1. The number of methoxy groups -OCH3 is 1. The number of halogens is 4. The second kappa shape index (κ2) is 20.2. The van der Waals surface area contributed by atoms with E-state index in [-0.39, 0.29) is 47.1 Å². The summed E-state index contributed by atoms with van der Waals surface area (Å²) in [4.78, 5) is 45.2. The van der Waals surface area contributed by atoms with Crippen molar-refractivity contribution in [2.75, 3.05) is 17.7 Å². The number of hydrogen-bond acceptors (Lipinski definition) is 9. The smallest absolute Gasteiger partial charge is 0.310 e. The fourth-order valence-corrected chi connectivity index (χ4v) is 7.26. The van der Waals surface area contributed by atoms with Crippen LogP contribution in [-0.4, -0.2) is 60.5 Å². The number of ether oxygens (including phenoxy) is 1. The number of carbonyl (C=O) groups is 3. The summed E-state index contributed by atoms with van der Waals surface area (Å²) in [5, 5.41) is 40.0. The summed E-state index contributed by atoms with van der Waals surface area (Å²) in [5.41, 5.74) is 6.82. The van der Waals surface area contributed by atoms with Gasteiger partial charge in [0.15, 0.2) is 0 Å². The second-order valence-electron chi connectivity index (χ2n) is 14.0. The number of benzene rings is 5. The molecule has 4 aromatic heterocycles. The minimum absolute atomic E-state index is 0.0297. The van der Waals surface area contributed by atoms with Crippen LogP contribution in [0.4, 0.5) is 20.2 Å². The van der Waals surface area contributed by atoms with Gasteiger partial charge in [-0.05, 0) is 65.4 Å². The molecule has 0 aliphatic rings. The maximum atomic E-state index is 13.3. The fourth-order valence-electron chi connectivity index (χ4n) is 6.90. The Labute approximate surface area is 377 Å². The number of aromatic nitrogens is 7. The third-order valence-corrected chi connectivity index (χ3v) is 10.4. The number of fused-ring (bicyclic) bond motifs is 3. The van der Waals surface area contributed by atoms with Gasteiger partial charge in [0, 0.05) is 55.2 Å². The lowest BCUT2D eigenvalue weighted by molar-refractivity contribution is -0.139. The van der Waals surface area contributed by atoms with E-state index >= 15 is 0 Å². The maximum absolute atomic E-state index is 13.3. The van der Waals surface area contributed by atoms with Crippen LogP contribution in [0.25, 0.3) is 44.2 Å². The molecule has 0 radical (unpaired) electrons. The molecule has 0 fully saturated rings. The Bertz CT molecular complexity index is 3300. The number of rotatable bonds is 9. The molecule has 0 unspecified atom stereocenters. The standard InChI is InChI=1S/C17H12ClFN6O.C17H11ClFN3O.C12H10N2O2/c18-12-7-9(5-6-13(12)19)20-15(26)8-11-10-3-1-2-4-14(10)21-16(11)17-22-24-25-23-17;18-13-7-10(5-6-14(13)19)21-17(23)8-12-11-3-1-2-4-15(11)22-16(12)9-20;1-16-12(15)6-9-8-4-2-3-5-10(8)14-11(9)7-13/h1-7,21H,8H2,(H,20,26)(H,22,23,24,25);1-7,22H,8H2,(H,21,23);2-5,14H,6H2,1H3. The monoisotopic (exact) mass is 911 g/mol. The average molecular weight is 913 g/mol. The molecule has 5 aromatic carbocycles. The number of tetrazole rings is 1. The summed E-state index contributed by atoms with van der Waals surface area (Å²) in [7, 11) is 1.34. The Kier molecular flexibility index (Phi) is 13.9. The van der Waals surface area contributed by atoms with E-state index in [1.54, 1.807) is 0 Å². The predicted octanol–water partition coefficient (Wildman–Crippen LogP) is 9.09. The lowest BCUT2D eigenvalue weighted by atomic mass is 10.1. The molecular formula is C46H33Cl2F2N11O4. The van der Waals surface area contributed by atoms with E-state index in [1.165, 1.54) is 43.5 Å². The number of nitrogens with one attached hydrogen (secondary N) is 6. The summed E-state index contributed by atoms with van der Waals surface area (Å²) in [6.45, 7) is 0. The van der Waals surface area contributed by atoms with Crippen LogP contribution in [0.3, 0.4) is 0 Å². The first kappa shape index (κ1) is 44.7. The van der Waals surface area contributed by atoms with Crippen LogP contribution in [-0.2, 0) is 38.4 Å². The summed E-state index contributed by atoms with van der Waals surface area (Å²) in [6, 6.07) is 34.6. The zero-order valence-corrected chi connectivity index (χ0v) is 35.4. The topological polar surface area (TPSA) is 234 Å². The Morgan fingerprint density at radius 3 is 1.54 bits per heavy atom. The quantitative estimate of drug-likeness (QED) is 0.0757. The Hall–Kier alpha value is -8.38. The average Bonchev–Trinajstić information content (AvgIpc) is 4.12. The van der Waals surface area contributed by atoms with Crippen LogP contribution in [0.15, 0.2) is 109 Å². The SMILES string of the molecule is COC(=O)Cc1c(C#N)[nH]c2ccccc12.N#Cc1[nH]c2ccccc2c1CC(=O)Nc1ccc(F)c(Cl)c1.O=C(Cc1c(-c2nn[nH]n2)[nH]c2ccccc12)Nc1ccc(F)c(Cl)c1. The highest BCUT2D eigenvalue weighted by Crippen LogP contribution is 2.30. The van der Waals surface area contributed by atoms with E-state index in [9.17, 15) is 28.4 Å². The van der Waals surface area contributed by atoms with Crippen LogP contribution < -0.4 is 10.6 Å². The lowest BCUT2D eigenvalue weighted by Crippen LogP contribution is -2.15. The molecule has 19 heteroatoms. The largest absolute Gasteiger partial charge is 0.469 e. The van der Waals surface area contributed by atoms with Crippen LogP contribution >= 0.6 is 23.2 Å². The predicted molar refractivity (Wildman–Crippen MR) is 241 cm³/mol. The maximum Gasteiger partial charge on any atom is 0.310 e. The minimum Gasteiger partial charge on any atom is -0.469 e. The Balaban J connectivity index is 0.000000150. The summed E-state index contributed by atoms with van der Waals surface area (Å²) >= 11 is 11.4. The summed E-state index contributed by atoms with van der Waals surface area (Å²) < 4.78 is 31.0. The van der Waals surface area contributed by atoms with Crippen molar-refractivity contribution in [1.82, 2.24) is 35.6 Å². The highest BCUT2D eigenvalue weighted by atomic mass is 35.5. The molecule has 0 saturated carbocycles. The Morgan fingerprint density at radius 2 is 1.09 bits per heavy atom. The van der Waals surface area contributed by atoms with Crippen LogP contribution in [0.5, 0.6) is 0 Å².